The van der Waals surface area contributed by atoms with Gasteiger partial charge in [-0.05, 0) is 30.3 Å². The third kappa shape index (κ3) is 4.01. The number of carbonyl (C=O) groups is 1. The van der Waals surface area contributed by atoms with Gasteiger partial charge in [-0.1, -0.05) is 0 Å². The smallest absolute Gasteiger partial charge is 0.261 e. The summed E-state index contributed by atoms with van der Waals surface area (Å²) in [7, 11) is 2.79. The maximum absolute atomic E-state index is 14.5. The third-order valence-electron chi connectivity index (χ3n) is 3.73. The highest BCUT2D eigenvalue weighted by Crippen LogP contribution is 2.33. The molecule has 26 heavy (non-hydrogen) atoms. The van der Waals surface area contributed by atoms with Crippen LogP contribution >= 0.6 is 0 Å². The zero-order valence-corrected chi connectivity index (χ0v) is 14.3. The molecule has 2 aromatic carbocycles. The zero-order valence-electron chi connectivity index (χ0n) is 14.3. The van der Waals surface area contributed by atoms with Gasteiger partial charge in [0, 0.05) is 22.9 Å². The van der Waals surface area contributed by atoms with Crippen molar-refractivity contribution in [3.05, 3.63) is 53.3 Å². The number of anilines is 1. The first-order valence-corrected chi connectivity index (χ1v) is 7.54. The van der Waals surface area contributed by atoms with Crippen LogP contribution in [0.1, 0.15) is 17.2 Å². The van der Waals surface area contributed by atoms with E-state index in [1.54, 1.807) is 24.3 Å². The molecule has 0 fully saturated rings. The Labute approximate surface area is 149 Å². The molecule has 2 rings (SSSR count). The quantitative estimate of drug-likeness (QED) is 0.166. The lowest BCUT2D eigenvalue weighted by atomic mass is 10.0. The minimum atomic E-state index is -1.12. The first-order valence-electron chi connectivity index (χ1n) is 7.54. The van der Waals surface area contributed by atoms with Crippen molar-refractivity contribution in [1.29, 1.82) is 5.41 Å². The summed E-state index contributed by atoms with van der Waals surface area (Å²) in [5, 5.41) is 10.3. The van der Waals surface area contributed by atoms with Crippen LogP contribution in [-0.4, -0.2) is 26.0 Å². The number of amides is 1. The standard InChI is InChI=1S/C17H20FN5O3/c1-25-13-7-11(12(18)8-14(13)26-2)15(17(24)23-21)22-10-5-3-9(4-6-10)16(19)20/h3-8,15,22H,21H2,1-2H3,(H3,19,20)(H,23,24). The van der Waals surface area contributed by atoms with E-state index in [1.165, 1.54) is 20.3 Å². The van der Waals surface area contributed by atoms with Gasteiger partial charge in [-0.3, -0.25) is 15.6 Å². The summed E-state index contributed by atoms with van der Waals surface area (Å²) >= 11 is 0. The van der Waals surface area contributed by atoms with E-state index < -0.39 is 17.8 Å². The number of hydrogen-bond acceptors (Lipinski definition) is 6. The molecule has 8 nitrogen and oxygen atoms in total. The Morgan fingerprint density at radius 2 is 1.73 bits per heavy atom. The number of ether oxygens (including phenoxy) is 2. The van der Waals surface area contributed by atoms with Gasteiger partial charge in [-0.15, -0.1) is 0 Å². The fourth-order valence-electron chi connectivity index (χ4n) is 2.37. The molecule has 0 aliphatic carbocycles. The second-order valence-electron chi connectivity index (χ2n) is 5.31. The number of hydrazine groups is 1. The molecule has 138 valence electrons. The topological polar surface area (TPSA) is 135 Å². The lowest BCUT2D eigenvalue weighted by molar-refractivity contribution is -0.122. The van der Waals surface area contributed by atoms with Crippen LogP contribution in [-0.2, 0) is 4.79 Å². The fraction of sp³-hybridized carbons (Fsp3) is 0.176. The van der Waals surface area contributed by atoms with Crippen molar-refractivity contribution in [2.75, 3.05) is 19.5 Å². The van der Waals surface area contributed by atoms with Crippen LogP contribution < -0.4 is 31.8 Å². The van der Waals surface area contributed by atoms with E-state index in [9.17, 15) is 9.18 Å². The maximum atomic E-state index is 14.5. The van der Waals surface area contributed by atoms with Gasteiger partial charge in [0.05, 0.1) is 14.2 Å². The van der Waals surface area contributed by atoms with Gasteiger partial charge in [0.1, 0.15) is 17.7 Å². The molecule has 1 atom stereocenters. The van der Waals surface area contributed by atoms with Gasteiger partial charge >= 0.3 is 0 Å². The number of nitrogen functional groups attached to an aromatic ring is 1. The summed E-state index contributed by atoms with van der Waals surface area (Å²) in [6.07, 6.45) is 0. The van der Waals surface area contributed by atoms with Crippen LogP contribution in [0.25, 0.3) is 0 Å². The van der Waals surface area contributed by atoms with Crippen molar-refractivity contribution < 1.29 is 18.7 Å². The van der Waals surface area contributed by atoms with Crippen molar-refractivity contribution in [2.24, 2.45) is 11.6 Å². The SMILES string of the molecule is COc1cc(F)c(C(Nc2ccc(C(=N)N)cc2)C(=O)NN)cc1OC. The van der Waals surface area contributed by atoms with Gasteiger partial charge in [0.15, 0.2) is 11.5 Å². The number of nitrogens with one attached hydrogen (secondary N) is 3. The number of benzene rings is 2. The van der Waals surface area contributed by atoms with Gasteiger partial charge in [0.2, 0.25) is 0 Å². The minimum Gasteiger partial charge on any atom is -0.493 e. The Morgan fingerprint density at radius 3 is 2.23 bits per heavy atom. The molecular formula is C17H20FN5O3. The Hall–Kier alpha value is -3.33. The van der Waals surface area contributed by atoms with Crippen LogP contribution in [0.2, 0.25) is 0 Å². The second kappa shape index (κ2) is 8.17. The predicted octanol–water partition coefficient (Wildman–Crippen LogP) is 1.27. The first kappa shape index (κ1) is 19.0. The van der Waals surface area contributed by atoms with Crippen LogP contribution in [0.3, 0.4) is 0 Å². The van der Waals surface area contributed by atoms with E-state index in [4.69, 9.17) is 26.5 Å². The van der Waals surface area contributed by atoms with Crippen LogP contribution in [0.15, 0.2) is 36.4 Å². The average molecular weight is 361 g/mol. The lowest BCUT2D eigenvalue weighted by Gasteiger charge is -2.21. The zero-order chi connectivity index (χ0) is 19.3. The normalized spacial score (nSPS) is 11.4. The van der Waals surface area contributed by atoms with Crippen molar-refractivity contribution in [3.8, 4) is 11.5 Å². The monoisotopic (exact) mass is 361 g/mol. The van der Waals surface area contributed by atoms with Crippen molar-refractivity contribution in [1.82, 2.24) is 5.43 Å². The van der Waals surface area contributed by atoms with E-state index in [-0.39, 0.29) is 22.9 Å². The average Bonchev–Trinajstić information content (AvgIpc) is 2.65. The van der Waals surface area contributed by atoms with Crippen molar-refractivity contribution in [3.63, 3.8) is 0 Å². The summed E-state index contributed by atoms with van der Waals surface area (Å²) in [4.78, 5) is 12.2. The molecule has 0 saturated carbocycles. The Kier molecular flexibility index (Phi) is 5.97. The molecule has 0 aromatic heterocycles. The largest absolute Gasteiger partial charge is 0.493 e. The van der Waals surface area contributed by atoms with Crippen LogP contribution in [0, 0.1) is 11.2 Å². The van der Waals surface area contributed by atoms with E-state index in [2.05, 4.69) is 5.32 Å². The van der Waals surface area contributed by atoms with E-state index in [1.807, 2.05) is 5.43 Å². The van der Waals surface area contributed by atoms with Crippen LogP contribution in [0.4, 0.5) is 10.1 Å². The maximum Gasteiger partial charge on any atom is 0.261 e. The highest BCUT2D eigenvalue weighted by atomic mass is 19.1. The fourth-order valence-corrected chi connectivity index (χ4v) is 2.37. The summed E-state index contributed by atoms with van der Waals surface area (Å²) in [6, 6.07) is 7.82. The Balaban J connectivity index is 2.42. The molecule has 2 aromatic rings. The Bertz CT molecular complexity index is 811. The Morgan fingerprint density at radius 1 is 1.15 bits per heavy atom. The number of carbonyl (C=O) groups excluding carboxylic acids is 1. The molecule has 0 saturated heterocycles. The molecular weight excluding hydrogens is 341 g/mol. The van der Waals surface area contributed by atoms with Gasteiger partial charge < -0.3 is 20.5 Å². The van der Waals surface area contributed by atoms with Gasteiger partial charge in [-0.2, -0.15) is 0 Å². The summed E-state index contributed by atoms with van der Waals surface area (Å²) in [5.41, 5.74) is 8.49. The van der Waals surface area contributed by atoms with E-state index >= 15 is 0 Å². The number of hydrogen-bond donors (Lipinski definition) is 5. The molecule has 0 radical (unpaired) electrons. The summed E-state index contributed by atoms with van der Waals surface area (Å²) in [5.74, 6) is 4.32. The molecule has 7 N–H and O–H groups in total. The molecule has 0 bridgehead atoms. The third-order valence-corrected chi connectivity index (χ3v) is 3.73. The summed E-state index contributed by atoms with van der Waals surface area (Å²) < 4.78 is 24.7. The number of amidine groups is 1. The molecule has 1 amide bonds. The highest BCUT2D eigenvalue weighted by Gasteiger charge is 2.25. The molecule has 0 aliphatic rings. The molecule has 9 heteroatoms. The molecule has 0 aliphatic heterocycles. The molecule has 1 unspecified atom stereocenters. The predicted molar refractivity (Wildman–Crippen MR) is 95.7 cm³/mol. The molecule has 0 heterocycles. The van der Waals surface area contributed by atoms with Gasteiger partial charge in [0.25, 0.3) is 5.91 Å². The molecule has 0 spiro atoms. The minimum absolute atomic E-state index is 0.0289. The van der Waals surface area contributed by atoms with E-state index in [0.717, 1.165) is 6.07 Å². The first-order chi connectivity index (χ1) is 12.4. The highest BCUT2D eigenvalue weighted by molar-refractivity contribution is 5.95. The lowest BCUT2D eigenvalue weighted by Crippen LogP contribution is -2.38. The van der Waals surface area contributed by atoms with Crippen molar-refractivity contribution >= 4 is 17.4 Å². The number of methoxy groups -OCH3 is 2. The number of rotatable bonds is 7. The summed E-state index contributed by atoms with van der Waals surface area (Å²) in [6.45, 7) is 0. The number of halogens is 1. The van der Waals surface area contributed by atoms with Gasteiger partial charge in [-0.25, -0.2) is 10.2 Å². The number of nitrogens with two attached hydrogens (primary N) is 2. The second-order valence-corrected chi connectivity index (χ2v) is 5.31. The van der Waals surface area contributed by atoms with E-state index in [0.29, 0.717) is 11.3 Å². The van der Waals surface area contributed by atoms with Crippen LogP contribution in [0.5, 0.6) is 11.5 Å². The van der Waals surface area contributed by atoms with Crippen molar-refractivity contribution in [2.45, 2.75) is 6.04 Å².